The van der Waals surface area contributed by atoms with Crippen LogP contribution in [0.4, 0.5) is 5.13 Å². The van der Waals surface area contributed by atoms with Crippen molar-refractivity contribution in [1.82, 2.24) is 15.1 Å². The Morgan fingerprint density at radius 1 is 1.37 bits per heavy atom. The van der Waals surface area contributed by atoms with Crippen LogP contribution in [-0.4, -0.2) is 46.4 Å². The smallest absolute Gasteiger partial charge is 0.233 e. The van der Waals surface area contributed by atoms with Gasteiger partial charge in [-0.05, 0) is 19.8 Å². The van der Waals surface area contributed by atoms with Gasteiger partial charge in [-0.15, -0.1) is 10.2 Å². The predicted molar refractivity (Wildman–Crippen MR) is 81.9 cm³/mol. The fraction of sp³-hybridized carbons (Fsp3) is 0.750. The first-order chi connectivity index (χ1) is 9.06. The third-order valence-corrected chi connectivity index (χ3v) is 4.50. The zero-order valence-corrected chi connectivity index (χ0v) is 13.6. The Kier molecular flexibility index (Phi) is 7.15. The summed E-state index contributed by atoms with van der Waals surface area (Å²) in [6, 6.07) is 0. The number of hydrogen-bond donors (Lipinski definition) is 1. The highest BCUT2D eigenvalue weighted by atomic mass is 32.2. The van der Waals surface area contributed by atoms with E-state index in [0.29, 0.717) is 11.7 Å². The lowest BCUT2D eigenvalue weighted by molar-refractivity contribution is -0.127. The molecule has 19 heavy (non-hydrogen) atoms. The van der Waals surface area contributed by atoms with Crippen LogP contribution < -0.4 is 5.32 Å². The molecule has 0 aliphatic carbocycles. The summed E-state index contributed by atoms with van der Waals surface area (Å²) in [4.78, 5) is 13.7. The Bertz CT molecular complexity index is 391. The summed E-state index contributed by atoms with van der Waals surface area (Å²) in [6.45, 7) is 10.7. The Hall–Kier alpha value is -0.820. The molecule has 7 heteroatoms. The lowest BCUT2D eigenvalue weighted by atomic mass is 10.2. The van der Waals surface area contributed by atoms with Crippen molar-refractivity contribution in [2.24, 2.45) is 5.92 Å². The Morgan fingerprint density at radius 3 is 2.63 bits per heavy atom. The van der Waals surface area contributed by atoms with Gasteiger partial charge >= 0.3 is 0 Å². The Morgan fingerprint density at radius 2 is 2.05 bits per heavy atom. The first-order valence-corrected chi connectivity index (χ1v) is 8.34. The number of thioether (sulfide) groups is 1. The third kappa shape index (κ3) is 5.78. The monoisotopic (exact) mass is 302 g/mol. The zero-order chi connectivity index (χ0) is 14.3. The molecule has 0 atom stereocenters. The minimum Gasteiger partial charge on any atom is -0.360 e. The molecule has 108 valence electrons. The molecule has 1 amide bonds. The average molecular weight is 302 g/mol. The van der Waals surface area contributed by atoms with Crippen molar-refractivity contribution in [3.05, 3.63) is 0 Å². The van der Waals surface area contributed by atoms with Crippen molar-refractivity contribution in [3.63, 3.8) is 0 Å². The molecule has 0 saturated heterocycles. The lowest BCUT2D eigenvalue weighted by Crippen LogP contribution is -2.31. The number of aromatic nitrogens is 2. The van der Waals surface area contributed by atoms with E-state index in [1.807, 2.05) is 18.7 Å². The van der Waals surface area contributed by atoms with Gasteiger partial charge in [-0.25, -0.2) is 0 Å². The van der Waals surface area contributed by atoms with E-state index in [-0.39, 0.29) is 5.91 Å². The van der Waals surface area contributed by atoms with Gasteiger partial charge in [0, 0.05) is 19.6 Å². The number of rotatable bonds is 8. The van der Waals surface area contributed by atoms with Gasteiger partial charge in [0.25, 0.3) is 0 Å². The number of nitrogens with one attached hydrogen (secondary N) is 1. The topological polar surface area (TPSA) is 58.1 Å². The molecule has 0 unspecified atom stereocenters. The lowest BCUT2D eigenvalue weighted by Gasteiger charge is -2.17. The van der Waals surface area contributed by atoms with Gasteiger partial charge in [0.05, 0.1) is 5.75 Å². The zero-order valence-electron chi connectivity index (χ0n) is 12.0. The van der Waals surface area contributed by atoms with E-state index in [4.69, 9.17) is 0 Å². The Labute approximate surface area is 123 Å². The van der Waals surface area contributed by atoms with Crippen LogP contribution in [0.25, 0.3) is 0 Å². The molecule has 1 aromatic heterocycles. The molecular formula is C12H22N4OS2. The summed E-state index contributed by atoms with van der Waals surface area (Å²) in [5.74, 6) is 1.16. The van der Waals surface area contributed by atoms with Crippen LogP contribution in [0.2, 0.25) is 0 Å². The SMILES string of the molecule is CCN(CC)C(=O)CSc1nnc(NCC(C)C)s1. The van der Waals surface area contributed by atoms with Crippen LogP contribution >= 0.6 is 23.1 Å². The number of carbonyl (C=O) groups is 1. The van der Waals surface area contributed by atoms with Crippen molar-refractivity contribution >= 4 is 34.1 Å². The molecule has 5 nitrogen and oxygen atoms in total. The number of anilines is 1. The third-order valence-electron chi connectivity index (χ3n) is 2.50. The molecule has 1 N–H and O–H groups in total. The van der Waals surface area contributed by atoms with Gasteiger partial charge in [-0.2, -0.15) is 0 Å². The molecule has 0 aliphatic heterocycles. The normalized spacial score (nSPS) is 10.8. The van der Waals surface area contributed by atoms with E-state index in [1.165, 1.54) is 23.1 Å². The summed E-state index contributed by atoms with van der Waals surface area (Å²) in [6.07, 6.45) is 0. The molecule has 0 bridgehead atoms. The second kappa shape index (κ2) is 8.37. The molecule has 1 aromatic rings. The van der Waals surface area contributed by atoms with Crippen LogP contribution in [0, 0.1) is 5.92 Å². The molecule has 0 saturated carbocycles. The number of amides is 1. The first kappa shape index (κ1) is 16.2. The fourth-order valence-corrected chi connectivity index (χ4v) is 3.08. The van der Waals surface area contributed by atoms with Crippen LogP contribution in [0.15, 0.2) is 4.34 Å². The van der Waals surface area contributed by atoms with Gasteiger partial charge in [-0.1, -0.05) is 36.9 Å². The van der Waals surface area contributed by atoms with Gasteiger partial charge in [0.1, 0.15) is 0 Å². The van der Waals surface area contributed by atoms with Crippen molar-refractivity contribution in [2.45, 2.75) is 32.0 Å². The highest BCUT2D eigenvalue weighted by molar-refractivity contribution is 8.01. The maximum absolute atomic E-state index is 11.8. The fourth-order valence-electron chi connectivity index (χ4n) is 1.42. The van der Waals surface area contributed by atoms with Gasteiger partial charge in [0.15, 0.2) is 4.34 Å². The van der Waals surface area contributed by atoms with Crippen LogP contribution in [0.5, 0.6) is 0 Å². The molecule has 1 rings (SSSR count). The van der Waals surface area contributed by atoms with Gasteiger partial charge in [-0.3, -0.25) is 4.79 Å². The average Bonchev–Trinajstić information content (AvgIpc) is 2.83. The maximum atomic E-state index is 11.8. The maximum Gasteiger partial charge on any atom is 0.233 e. The molecule has 0 aromatic carbocycles. The first-order valence-electron chi connectivity index (χ1n) is 6.54. The molecule has 1 heterocycles. The Balaban J connectivity index is 2.39. The standard InChI is InChI=1S/C12H22N4OS2/c1-5-16(6-2)10(17)8-18-12-15-14-11(19-12)13-7-9(3)4/h9H,5-8H2,1-4H3,(H,13,14). The van der Waals surface area contributed by atoms with Crippen molar-refractivity contribution in [2.75, 3.05) is 30.7 Å². The summed E-state index contributed by atoms with van der Waals surface area (Å²) < 4.78 is 0.840. The number of carbonyl (C=O) groups excluding carboxylic acids is 1. The van der Waals surface area contributed by atoms with Crippen LogP contribution in [-0.2, 0) is 4.79 Å². The van der Waals surface area contributed by atoms with Crippen molar-refractivity contribution < 1.29 is 4.79 Å². The molecule has 0 spiro atoms. The highest BCUT2D eigenvalue weighted by Crippen LogP contribution is 2.25. The quantitative estimate of drug-likeness (QED) is 0.748. The summed E-state index contributed by atoms with van der Waals surface area (Å²) >= 11 is 2.96. The van der Waals surface area contributed by atoms with Crippen LogP contribution in [0.1, 0.15) is 27.7 Å². The largest absolute Gasteiger partial charge is 0.360 e. The number of nitrogens with zero attached hydrogens (tertiary/aromatic N) is 3. The van der Waals surface area contributed by atoms with Crippen molar-refractivity contribution in [1.29, 1.82) is 0 Å². The molecule has 0 radical (unpaired) electrons. The predicted octanol–water partition coefficient (Wildman–Crippen LogP) is 2.57. The van der Waals surface area contributed by atoms with Gasteiger partial charge in [0.2, 0.25) is 11.0 Å². The van der Waals surface area contributed by atoms with E-state index in [2.05, 4.69) is 29.4 Å². The van der Waals surface area contributed by atoms with E-state index < -0.39 is 0 Å². The van der Waals surface area contributed by atoms with E-state index >= 15 is 0 Å². The summed E-state index contributed by atoms with van der Waals surface area (Å²) in [5, 5.41) is 12.2. The number of hydrogen-bond acceptors (Lipinski definition) is 6. The van der Waals surface area contributed by atoms with Gasteiger partial charge < -0.3 is 10.2 Å². The molecule has 0 fully saturated rings. The second-order valence-electron chi connectivity index (χ2n) is 4.50. The summed E-state index contributed by atoms with van der Waals surface area (Å²) in [7, 11) is 0. The molecule has 0 aliphatic rings. The van der Waals surface area contributed by atoms with Crippen LogP contribution in [0.3, 0.4) is 0 Å². The second-order valence-corrected chi connectivity index (χ2v) is 6.70. The summed E-state index contributed by atoms with van der Waals surface area (Å²) in [5.41, 5.74) is 0. The van der Waals surface area contributed by atoms with Crippen molar-refractivity contribution in [3.8, 4) is 0 Å². The van der Waals surface area contributed by atoms with E-state index in [9.17, 15) is 4.79 Å². The van der Waals surface area contributed by atoms with E-state index in [0.717, 1.165) is 29.1 Å². The minimum absolute atomic E-state index is 0.155. The minimum atomic E-state index is 0.155. The highest BCUT2D eigenvalue weighted by Gasteiger charge is 2.12. The molecular weight excluding hydrogens is 280 g/mol. The van der Waals surface area contributed by atoms with E-state index in [1.54, 1.807) is 0 Å².